The second-order valence-electron chi connectivity index (χ2n) is 5.02. The smallest absolute Gasteiger partial charge is 0.345 e. The average Bonchev–Trinajstić information content (AvgIpc) is 2.50. The zero-order chi connectivity index (χ0) is 17.0. The molecule has 0 bridgehead atoms. The molecule has 122 valence electrons. The fourth-order valence-electron chi connectivity index (χ4n) is 2.14. The molecule has 2 aromatic carbocycles. The molecule has 0 radical (unpaired) electrons. The number of carbonyl (C=O) groups is 1. The molecule has 0 saturated carbocycles. The van der Waals surface area contributed by atoms with E-state index in [1.165, 1.54) is 7.11 Å². The summed E-state index contributed by atoms with van der Waals surface area (Å²) in [6.45, 7) is 1.82. The second-order valence-corrected chi connectivity index (χ2v) is 5.86. The highest BCUT2D eigenvalue weighted by Crippen LogP contribution is 2.26. The molecule has 2 aromatic rings. The van der Waals surface area contributed by atoms with Gasteiger partial charge in [0.1, 0.15) is 11.5 Å². The molecule has 0 fully saturated rings. The van der Waals surface area contributed by atoms with Gasteiger partial charge in [0.25, 0.3) is 0 Å². The Bertz CT molecular complexity index is 716. The Morgan fingerprint density at radius 2 is 1.96 bits per heavy atom. The van der Waals surface area contributed by atoms with Crippen LogP contribution in [0.15, 0.2) is 36.4 Å². The molecule has 0 amide bonds. The SMILES string of the molecule is COc1ccc(Cl)cc1CC(Oc1ccc(Cl)c(C)c1)C(=O)O. The lowest BCUT2D eigenvalue weighted by atomic mass is 10.1. The van der Waals surface area contributed by atoms with Crippen LogP contribution in [0.2, 0.25) is 10.0 Å². The number of hydrogen-bond donors (Lipinski definition) is 1. The number of benzene rings is 2. The van der Waals surface area contributed by atoms with Gasteiger partial charge in [-0.2, -0.15) is 0 Å². The normalized spacial score (nSPS) is 11.8. The summed E-state index contributed by atoms with van der Waals surface area (Å²) in [5.41, 5.74) is 1.48. The molecule has 0 spiro atoms. The summed E-state index contributed by atoms with van der Waals surface area (Å²) >= 11 is 11.9. The van der Waals surface area contributed by atoms with E-state index < -0.39 is 12.1 Å². The zero-order valence-corrected chi connectivity index (χ0v) is 14.2. The van der Waals surface area contributed by atoms with Crippen molar-refractivity contribution in [2.24, 2.45) is 0 Å². The summed E-state index contributed by atoms with van der Waals surface area (Å²) in [5, 5.41) is 10.5. The zero-order valence-electron chi connectivity index (χ0n) is 12.7. The van der Waals surface area contributed by atoms with Gasteiger partial charge in [-0.3, -0.25) is 0 Å². The van der Waals surface area contributed by atoms with Crippen molar-refractivity contribution in [3.8, 4) is 11.5 Å². The first kappa shape index (κ1) is 17.4. The molecular formula is C17H16Cl2O4. The molecule has 0 aliphatic rings. The van der Waals surface area contributed by atoms with Crippen molar-refractivity contribution >= 4 is 29.2 Å². The van der Waals surface area contributed by atoms with Gasteiger partial charge in [-0.25, -0.2) is 4.79 Å². The van der Waals surface area contributed by atoms with Crippen molar-refractivity contribution in [3.63, 3.8) is 0 Å². The molecule has 0 aromatic heterocycles. The summed E-state index contributed by atoms with van der Waals surface area (Å²) in [6.07, 6.45) is -0.941. The number of halogens is 2. The number of rotatable bonds is 6. The van der Waals surface area contributed by atoms with Crippen molar-refractivity contribution < 1.29 is 19.4 Å². The highest BCUT2D eigenvalue weighted by Gasteiger charge is 2.22. The molecule has 2 rings (SSSR count). The maximum absolute atomic E-state index is 11.5. The van der Waals surface area contributed by atoms with Gasteiger partial charge in [0, 0.05) is 16.5 Å². The third-order valence-corrected chi connectivity index (χ3v) is 3.99. The Labute approximate surface area is 144 Å². The van der Waals surface area contributed by atoms with Gasteiger partial charge >= 0.3 is 5.97 Å². The van der Waals surface area contributed by atoms with E-state index in [0.717, 1.165) is 5.56 Å². The van der Waals surface area contributed by atoms with E-state index in [1.54, 1.807) is 36.4 Å². The van der Waals surface area contributed by atoms with Gasteiger partial charge in [0.2, 0.25) is 0 Å². The number of methoxy groups -OCH3 is 1. The van der Waals surface area contributed by atoms with Crippen LogP contribution >= 0.6 is 23.2 Å². The largest absolute Gasteiger partial charge is 0.496 e. The van der Waals surface area contributed by atoms with E-state index in [1.807, 2.05) is 6.92 Å². The predicted molar refractivity (Wildman–Crippen MR) is 89.9 cm³/mol. The number of aliphatic carboxylic acids is 1. The van der Waals surface area contributed by atoms with Crippen molar-refractivity contribution in [1.29, 1.82) is 0 Å². The fourth-order valence-corrected chi connectivity index (χ4v) is 2.45. The second kappa shape index (κ2) is 7.57. The van der Waals surface area contributed by atoms with Crippen molar-refractivity contribution in [3.05, 3.63) is 57.6 Å². The van der Waals surface area contributed by atoms with Crippen LogP contribution < -0.4 is 9.47 Å². The standard InChI is InChI=1S/C17H16Cl2O4/c1-10-7-13(4-5-14(10)19)23-16(17(20)21)9-11-8-12(18)3-6-15(11)22-2/h3-8,16H,9H2,1-2H3,(H,20,21). The van der Waals surface area contributed by atoms with Crippen molar-refractivity contribution in [2.45, 2.75) is 19.4 Å². The van der Waals surface area contributed by atoms with Crippen LogP contribution in [0.4, 0.5) is 0 Å². The van der Waals surface area contributed by atoms with E-state index in [2.05, 4.69) is 0 Å². The fraction of sp³-hybridized carbons (Fsp3) is 0.235. The Morgan fingerprint density at radius 1 is 1.22 bits per heavy atom. The first-order valence-electron chi connectivity index (χ1n) is 6.88. The topological polar surface area (TPSA) is 55.8 Å². The summed E-state index contributed by atoms with van der Waals surface area (Å²) in [7, 11) is 1.52. The molecule has 0 aliphatic heterocycles. The third kappa shape index (κ3) is 4.53. The van der Waals surface area contributed by atoms with Crippen LogP contribution in [0.25, 0.3) is 0 Å². The van der Waals surface area contributed by atoms with Gasteiger partial charge in [-0.15, -0.1) is 0 Å². The molecule has 0 saturated heterocycles. The van der Waals surface area contributed by atoms with Gasteiger partial charge in [-0.05, 0) is 54.4 Å². The summed E-state index contributed by atoms with van der Waals surface area (Å²) in [5.74, 6) is -0.0588. The predicted octanol–water partition coefficient (Wildman–Crippen LogP) is 4.39. The van der Waals surface area contributed by atoms with E-state index in [9.17, 15) is 9.90 Å². The van der Waals surface area contributed by atoms with Gasteiger partial charge in [0.15, 0.2) is 6.10 Å². The Hall–Kier alpha value is -1.91. The number of carboxylic acids is 1. The quantitative estimate of drug-likeness (QED) is 0.835. The molecular weight excluding hydrogens is 339 g/mol. The molecule has 0 aliphatic carbocycles. The van der Waals surface area contributed by atoms with E-state index in [4.69, 9.17) is 32.7 Å². The monoisotopic (exact) mass is 354 g/mol. The van der Waals surface area contributed by atoms with E-state index >= 15 is 0 Å². The maximum atomic E-state index is 11.5. The highest BCUT2D eigenvalue weighted by atomic mass is 35.5. The lowest BCUT2D eigenvalue weighted by Gasteiger charge is -2.17. The number of aryl methyl sites for hydroxylation is 1. The Balaban J connectivity index is 2.24. The van der Waals surface area contributed by atoms with Crippen LogP contribution in [-0.4, -0.2) is 24.3 Å². The first-order chi connectivity index (χ1) is 10.9. The summed E-state index contributed by atoms with van der Waals surface area (Å²) in [4.78, 5) is 11.5. The van der Waals surface area contributed by atoms with Crippen LogP contribution in [0.5, 0.6) is 11.5 Å². The summed E-state index contributed by atoms with van der Waals surface area (Å²) in [6, 6.07) is 10.1. The molecule has 4 nitrogen and oxygen atoms in total. The molecule has 23 heavy (non-hydrogen) atoms. The number of hydrogen-bond acceptors (Lipinski definition) is 3. The Morgan fingerprint density at radius 3 is 2.57 bits per heavy atom. The van der Waals surface area contributed by atoms with Crippen molar-refractivity contribution in [1.82, 2.24) is 0 Å². The molecule has 1 atom stereocenters. The minimum atomic E-state index is -1.07. The van der Waals surface area contributed by atoms with Crippen LogP contribution in [-0.2, 0) is 11.2 Å². The van der Waals surface area contributed by atoms with Crippen LogP contribution in [0.3, 0.4) is 0 Å². The highest BCUT2D eigenvalue weighted by molar-refractivity contribution is 6.31. The maximum Gasteiger partial charge on any atom is 0.345 e. The molecule has 0 heterocycles. The minimum Gasteiger partial charge on any atom is -0.496 e. The molecule has 6 heteroatoms. The van der Waals surface area contributed by atoms with E-state index in [-0.39, 0.29) is 6.42 Å². The van der Waals surface area contributed by atoms with Crippen LogP contribution in [0.1, 0.15) is 11.1 Å². The average molecular weight is 355 g/mol. The van der Waals surface area contributed by atoms with Crippen LogP contribution in [0, 0.1) is 6.92 Å². The number of ether oxygens (including phenoxy) is 2. The third-order valence-electron chi connectivity index (χ3n) is 3.33. The van der Waals surface area contributed by atoms with Gasteiger partial charge < -0.3 is 14.6 Å². The van der Waals surface area contributed by atoms with Crippen molar-refractivity contribution in [2.75, 3.05) is 7.11 Å². The first-order valence-corrected chi connectivity index (χ1v) is 7.64. The summed E-state index contributed by atoms with van der Waals surface area (Å²) < 4.78 is 10.8. The van der Waals surface area contributed by atoms with Gasteiger partial charge in [-0.1, -0.05) is 23.2 Å². The lowest BCUT2D eigenvalue weighted by molar-refractivity contribution is -0.145. The molecule has 1 unspecified atom stereocenters. The Kier molecular flexibility index (Phi) is 5.74. The molecule has 1 N–H and O–H groups in total. The number of carboxylic acid groups (broad SMARTS) is 1. The minimum absolute atomic E-state index is 0.126. The van der Waals surface area contributed by atoms with Gasteiger partial charge in [0.05, 0.1) is 7.11 Å². The van der Waals surface area contributed by atoms with E-state index in [0.29, 0.717) is 27.1 Å². The lowest BCUT2D eigenvalue weighted by Crippen LogP contribution is -2.29.